The van der Waals surface area contributed by atoms with Crippen molar-refractivity contribution in [2.45, 2.75) is 0 Å². The van der Waals surface area contributed by atoms with Gasteiger partial charge in [-0.2, -0.15) is 0 Å². The summed E-state index contributed by atoms with van der Waals surface area (Å²) in [4.78, 5) is 0. The summed E-state index contributed by atoms with van der Waals surface area (Å²) < 4.78 is 0. The van der Waals surface area contributed by atoms with Gasteiger partial charge in [0.15, 0.2) is 0 Å². The molecular weight excluding hydrogens is 66.0 g/mol. The molecule has 32 valence electrons. The highest BCUT2D eigenvalue weighted by molar-refractivity contribution is 4.18. The van der Waals surface area contributed by atoms with Crippen LogP contribution in [0.3, 0.4) is 0 Å². The van der Waals surface area contributed by atoms with Crippen molar-refractivity contribution in [3.05, 3.63) is 0 Å². The number of rotatable bonds is 1. The molecule has 0 saturated carbocycles. The van der Waals surface area contributed by atoms with Crippen LogP contribution in [0.4, 0.5) is 0 Å². The van der Waals surface area contributed by atoms with Crippen LogP contribution >= 0.6 is 0 Å². The lowest BCUT2D eigenvalue weighted by atomic mass is 11.0. The number of hydrogen-bond acceptors (Lipinski definition) is 3. The van der Waals surface area contributed by atoms with Gasteiger partial charge >= 0.3 is 0 Å². The molecule has 0 heterocycles. The van der Waals surface area contributed by atoms with Gasteiger partial charge in [0, 0.05) is 7.05 Å². The average molecular weight is 75.1 g/mol. The summed E-state index contributed by atoms with van der Waals surface area (Å²) in [5, 5.41) is 1.40. The lowest BCUT2D eigenvalue weighted by molar-refractivity contribution is 0.361. The van der Waals surface area contributed by atoms with Crippen LogP contribution in [0.2, 0.25) is 0 Å². The Bertz CT molecular complexity index is 18.9. The highest BCUT2D eigenvalue weighted by Gasteiger charge is 1.72. The van der Waals surface area contributed by atoms with Crippen molar-refractivity contribution < 1.29 is 0 Å². The topological polar surface area (TPSA) is 55.3 Å². The second kappa shape index (κ2) is 2.14. The molecule has 4 N–H and O–H groups in total. The molecule has 0 aliphatic rings. The Morgan fingerprint density at radius 2 is 2.00 bits per heavy atom. The molecule has 0 bridgehead atoms. The molecule has 0 aromatic rings. The highest BCUT2D eigenvalue weighted by Crippen LogP contribution is 1.47. The monoisotopic (exact) mass is 75.1 g/mol. The minimum absolute atomic E-state index is 0.417. The summed E-state index contributed by atoms with van der Waals surface area (Å²) in [5.41, 5.74) is 4.97. The summed E-state index contributed by atoms with van der Waals surface area (Å²) in [5.74, 6) is 5.00. The van der Waals surface area contributed by atoms with Crippen LogP contribution in [-0.2, 0) is 0 Å². The zero-order valence-electron chi connectivity index (χ0n) is 3.31. The van der Waals surface area contributed by atoms with Gasteiger partial charge in [-0.1, -0.05) is 0 Å². The van der Waals surface area contributed by atoms with Crippen molar-refractivity contribution in [2.24, 2.45) is 11.6 Å². The molecule has 0 rings (SSSR count). The number of nitrogens with two attached hydrogens (primary N) is 2. The average Bonchev–Trinajstić information content (AvgIpc) is 1.38. The molecule has 0 atom stereocenters. The second-order valence-corrected chi connectivity index (χ2v) is 0.940. The maximum atomic E-state index is 5.00. The van der Waals surface area contributed by atoms with Crippen molar-refractivity contribution >= 4 is 0 Å². The molecular formula is C2H9N3. The molecule has 0 unspecified atom stereocenters. The number of hydrazine groups is 1. The minimum atomic E-state index is 0.417. The van der Waals surface area contributed by atoms with Gasteiger partial charge in [0.05, 0.1) is 6.67 Å². The third-order valence-corrected chi connectivity index (χ3v) is 0.288. The van der Waals surface area contributed by atoms with Gasteiger partial charge in [-0.3, -0.25) is 5.84 Å². The fraction of sp³-hybridized carbons (Fsp3) is 1.00. The van der Waals surface area contributed by atoms with Crippen LogP contribution in [0.25, 0.3) is 0 Å². The smallest absolute Gasteiger partial charge is 0.0590 e. The molecule has 0 fully saturated rings. The van der Waals surface area contributed by atoms with Crippen LogP contribution in [-0.4, -0.2) is 18.7 Å². The van der Waals surface area contributed by atoms with Gasteiger partial charge < -0.3 is 5.73 Å². The molecule has 0 aliphatic heterocycles. The van der Waals surface area contributed by atoms with E-state index in [1.165, 1.54) is 5.01 Å². The van der Waals surface area contributed by atoms with Crippen LogP contribution in [0.15, 0.2) is 0 Å². The summed E-state index contributed by atoms with van der Waals surface area (Å²) >= 11 is 0. The quantitative estimate of drug-likeness (QED) is 0.231. The van der Waals surface area contributed by atoms with Gasteiger partial charge in [-0.15, -0.1) is 0 Å². The third kappa shape index (κ3) is 3.88. The molecule has 0 radical (unpaired) electrons. The van der Waals surface area contributed by atoms with E-state index >= 15 is 0 Å². The van der Waals surface area contributed by atoms with Crippen molar-refractivity contribution in [1.29, 1.82) is 0 Å². The van der Waals surface area contributed by atoms with Crippen molar-refractivity contribution in [2.75, 3.05) is 13.7 Å². The lowest BCUT2D eigenvalue weighted by Crippen LogP contribution is -2.31. The third-order valence-electron chi connectivity index (χ3n) is 0.288. The van der Waals surface area contributed by atoms with Gasteiger partial charge in [0.2, 0.25) is 0 Å². The zero-order valence-corrected chi connectivity index (χ0v) is 3.31. The fourth-order valence-corrected chi connectivity index (χ4v) is 0. The first-order valence-electron chi connectivity index (χ1n) is 1.43. The van der Waals surface area contributed by atoms with E-state index in [1.807, 2.05) is 0 Å². The SMILES string of the molecule is CN(N)CN. The first kappa shape index (κ1) is 4.88. The Labute approximate surface area is 31.5 Å². The van der Waals surface area contributed by atoms with E-state index in [2.05, 4.69) is 0 Å². The van der Waals surface area contributed by atoms with Crippen LogP contribution < -0.4 is 11.6 Å². The zero-order chi connectivity index (χ0) is 4.28. The van der Waals surface area contributed by atoms with Crippen molar-refractivity contribution in [3.63, 3.8) is 0 Å². The molecule has 0 aromatic heterocycles. The van der Waals surface area contributed by atoms with E-state index in [4.69, 9.17) is 11.6 Å². The van der Waals surface area contributed by atoms with Crippen molar-refractivity contribution in [1.82, 2.24) is 5.01 Å². The fourth-order valence-electron chi connectivity index (χ4n) is 0. The summed E-state index contributed by atoms with van der Waals surface area (Å²) in [6, 6.07) is 0. The largest absolute Gasteiger partial charge is 0.317 e. The molecule has 0 saturated heterocycles. The van der Waals surface area contributed by atoms with Crippen LogP contribution in [0.5, 0.6) is 0 Å². The lowest BCUT2D eigenvalue weighted by Gasteiger charge is -2.00. The Balaban J connectivity index is 2.54. The summed E-state index contributed by atoms with van der Waals surface area (Å²) in [6.45, 7) is 0.417. The van der Waals surface area contributed by atoms with Gasteiger partial charge in [-0.25, -0.2) is 5.01 Å². The molecule has 0 aliphatic carbocycles. The Hall–Kier alpha value is -0.120. The first-order chi connectivity index (χ1) is 2.27. The van der Waals surface area contributed by atoms with Crippen LogP contribution in [0, 0.1) is 0 Å². The molecule has 3 nitrogen and oxygen atoms in total. The molecule has 0 amide bonds. The van der Waals surface area contributed by atoms with Gasteiger partial charge in [-0.05, 0) is 0 Å². The predicted molar refractivity (Wildman–Crippen MR) is 21.0 cm³/mol. The maximum absolute atomic E-state index is 5.00. The molecule has 3 heteroatoms. The Morgan fingerprint density at radius 3 is 2.00 bits per heavy atom. The summed E-state index contributed by atoms with van der Waals surface area (Å²) in [6.07, 6.45) is 0. The van der Waals surface area contributed by atoms with E-state index in [0.29, 0.717) is 6.67 Å². The summed E-state index contributed by atoms with van der Waals surface area (Å²) in [7, 11) is 1.71. The minimum Gasteiger partial charge on any atom is -0.317 e. The predicted octanol–water partition coefficient (Wildman–Crippen LogP) is -1.29. The first-order valence-corrected chi connectivity index (χ1v) is 1.43. The Morgan fingerprint density at radius 1 is 1.80 bits per heavy atom. The van der Waals surface area contributed by atoms with E-state index in [-0.39, 0.29) is 0 Å². The van der Waals surface area contributed by atoms with E-state index in [9.17, 15) is 0 Å². The highest BCUT2D eigenvalue weighted by atomic mass is 15.4. The molecule has 0 aromatic carbocycles. The number of nitrogens with zero attached hydrogens (tertiary/aromatic N) is 1. The van der Waals surface area contributed by atoms with Crippen molar-refractivity contribution in [3.8, 4) is 0 Å². The van der Waals surface area contributed by atoms with E-state index in [1.54, 1.807) is 7.05 Å². The second-order valence-electron chi connectivity index (χ2n) is 0.940. The standard InChI is InChI=1S/C2H9N3/c1-5(4)2-3/h2-4H2,1H3. The Kier molecular flexibility index (Phi) is 2.09. The number of hydrogen-bond donors (Lipinski definition) is 2. The van der Waals surface area contributed by atoms with E-state index in [0.717, 1.165) is 0 Å². The molecule has 5 heavy (non-hydrogen) atoms. The van der Waals surface area contributed by atoms with E-state index < -0.39 is 0 Å². The van der Waals surface area contributed by atoms with Gasteiger partial charge in [0.1, 0.15) is 0 Å². The van der Waals surface area contributed by atoms with Gasteiger partial charge in [0.25, 0.3) is 0 Å². The maximum Gasteiger partial charge on any atom is 0.0590 e. The van der Waals surface area contributed by atoms with Crippen LogP contribution in [0.1, 0.15) is 0 Å². The molecule has 0 spiro atoms. The normalized spacial score (nSPS) is 9.60.